The summed E-state index contributed by atoms with van der Waals surface area (Å²) < 4.78 is 5.45. The van der Waals surface area contributed by atoms with Gasteiger partial charge in [-0.2, -0.15) is 0 Å². The zero-order valence-electron chi connectivity index (χ0n) is 16.5. The van der Waals surface area contributed by atoms with Crippen LogP contribution in [0.15, 0.2) is 0 Å². The molecular weight excluding hydrogens is 332 g/mol. The fourth-order valence-corrected chi connectivity index (χ4v) is 3.85. The van der Waals surface area contributed by atoms with E-state index in [9.17, 15) is 9.59 Å². The Labute approximate surface area is 155 Å². The van der Waals surface area contributed by atoms with Gasteiger partial charge in [0.15, 0.2) is 0 Å². The number of carbonyl (C=O) groups excluding carboxylic acids is 2. The Kier molecular flexibility index (Phi) is 4.99. The van der Waals surface area contributed by atoms with Crippen LogP contribution in [-0.4, -0.2) is 63.0 Å². The minimum Gasteiger partial charge on any atom is -0.444 e. The summed E-state index contributed by atoms with van der Waals surface area (Å²) in [7, 11) is 0. The van der Waals surface area contributed by atoms with E-state index >= 15 is 0 Å². The Hall–Kier alpha value is -2.05. The van der Waals surface area contributed by atoms with E-state index in [0.717, 1.165) is 36.5 Å². The maximum absolute atomic E-state index is 13.0. The molecule has 1 aromatic rings. The normalized spacial score (nSPS) is 23.6. The number of carbonyl (C=O) groups is 2. The van der Waals surface area contributed by atoms with E-state index in [1.807, 2.05) is 39.5 Å². The van der Waals surface area contributed by atoms with Crippen molar-refractivity contribution < 1.29 is 14.3 Å². The molecule has 1 aromatic heterocycles. The third kappa shape index (κ3) is 4.02. The Balaban J connectivity index is 1.59. The van der Waals surface area contributed by atoms with Gasteiger partial charge >= 0.3 is 6.09 Å². The van der Waals surface area contributed by atoms with Gasteiger partial charge in [-0.15, -0.1) is 0 Å². The van der Waals surface area contributed by atoms with Crippen molar-refractivity contribution in [3.8, 4) is 0 Å². The van der Waals surface area contributed by atoms with Crippen molar-refractivity contribution in [2.24, 2.45) is 5.92 Å². The number of nitrogens with zero attached hydrogens (tertiary/aromatic N) is 3. The van der Waals surface area contributed by atoms with Gasteiger partial charge in [0.2, 0.25) is 5.91 Å². The molecule has 0 spiro atoms. The van der Waals surface area contributed by atoms with Gasteiger partial charge in [0.1, 0.15) is 11.4 Å². The number of hydrogen-bond donors (Lipinski definition) is 1. The number of hydrogen-bond acceptors (Lipinski definition) is 4. The highest BCUT2D eigenvalue weighted by Crippen LogP contribution is 2.27. The molecular formula is C19H30N4O3. The number of H-pyrrole nitrogens is 1. The predicted molar refractivity (Wildman–Crippen MR) is 97.8 cm³/mol. The summed E-state index contributed by atoms with van der Waals surface area (Å²) in [6.07, 6.45) is 2.12. The average molecular weight is 362 g/mol. The third-order valence-electron chi connectivity index (χ3n) is 5.07. The van der Waals surface area contributed by atoms with Crippen molar-refractivity contribution in [3.63, 3.8) is 0 Å². The van der Waals surface area contributed by atoms with Gasteiger partial charge in [-0.3, -0.25) is 4.79 Å². The van der Waals surface area contributed by atoms with Crippen LogP contribution in [0.25, 0.3) is 0 Å². The highest BCUT2D eigenvalue weighted by atomic mass is 16.6. The van der Waals surface area contributed by atoms with E-state index < -0.39 is 5.60 Å². The smallest absolute Gasteiger partial charge is 0.410 e. The van der Waals surface area contributed by atoms with Gasteiger partial charge in [0.05, 0.1) is 5.69 Å². The first kappa shape index (κ1) is 18.7. The molecule has 26 heavy (non-hydrogen) atoms. The predicted octanol–water partition coefficient (Wildman–Crippen LogP) is 2.29. The first-order valence-corrected chi connectivity index (χ1v) is 9.47. The molecule has 0 saturated carbocycles. The van der Waals surface area contributed by atoms with E-state index in [1.54, 1.807) is 4.90 Å². The summed E-state index contributed by atoms with van der Waals surface area (Å²) in [5.41, 5.74) is 1.71. The summed E-state index contributed by atoms with van der Waals surface area (Å²) in [6.45, 7) is 11.1. The number of aryl methyl sites for hydroxylation is 2. The molecule has 2 unspecified atom stereocenters. The number of fused-ring (bicyclic) bond motifs is 1. The summed E-state index contributed by atoms with van der Waals surface area (Å²) in [5.74, 6) is 1.11. The van der Waals surface area contributed by atoms with Crippen LogP contribution in [0, 0.1) is 12.8 Å². The molecule has 2 amide bonds. The number of nitrogens with one attached hydrogen (secondary N) is 1. The average Bonchev–Trinajstić information content (AvgIpc) is 2.91. The van der Waals surface area contributed by atoms with Crippen molar-refractivity contribution in [3.05, 3.63) is 17.2 Å². The Morgan fingerprint density at radius 3 is 2.65 bits per heavy atom. The lowest BCUT2D eigenvalue weighted by molar-refractivity contribution is -0.140. The molecule has 0 radical (unpaired) electrons. The molecule has 2 aliphatic rings. The van der Waals surface area contributed by atoms with Crippen LogP contribution < -0.4 is 0 Å². The molecule has 7 heteroatoms. The molecule has 2 heterocycles. The minimum atomic E-state index is -0.505. The lowest BCUT2D eigenvalue weighted by atomic mass is 9.88. The van der Waals surface area contributed by atoms with E-state index in [4.69, 9.17) is 4.74 Å². The maximum Gasteiger partial charge on any atom is 0.410 e. The quantitative estimate of drug-likeness (QED) is 0.831. The number of rotatable bonds is 1. The molecule has 1 aliphatic carbocycles. The molecule has 1 saturated heterocycles. The van der Waals surface area contributed by atoms with Crippen LogP contribution in [0.2, 0.25) is 0 Å². The standard InChI is InChI=1S/C19H30N4O3/c1-12-11-22(18(25)26-19(3,4)5)8-9-23(12)17(24)14-6-7-15-16(10-14)21-13(2)20-15/h12,14H,6-11H2,1-5H3,(H,20,21). The summed E-state index contributed by atoms with van der Waals surface area (Å²) >= 11 is 0. The van der Waals surface area contributed by atoms with Crippen molar-refractivity contribution in [1.29, 1.82) is 0 Å². The van der Waals surface area contributed by atoms with Gasteiger partial charge in [-0.05, 0) is 47.5 Å². The van der Waals surface area contributed by atoms with E-state index in [1.165, 1.54) is 0 Å². The van der Waals surface area contributed by atoms with Gasteiger partial charge in [0, 0.05) is 43.7 Å². The van der Waals surface area contributed by atoms with Crippen molar-refractivity contribution in [2.45, 2.75) is 65.5 Å². The molecule has 2 atom stereocenters. The minimum absolute atomic E-state index is 0.00197. The summed E-state index contributed by atoms with van der Waals surface area (Å²) in [4.78, 5) is 36.7. The highest BCUT2D eigenvalue weighted by Gasteiger charge is 2.36. The first-order chi connectivity index (χ1) is 12.1. The highest BCUT2D eigenvalue weighted by molar-refractivity contribution is 5.80. The van der Waals surface area contributed by atoms with Crippen LogP contribution in [0.4, 0.5) is 4.79 Å². The zero-order chi connectivity index (χ0) is 19.1. The van der Waals surface area contributed by atoms with Gasteiger partial charge in [0.25, 0.3) is 0 Å². The largest absolute Gasteiger partial charge is 0.444 e. The van der Waals surface area contributed by atoms with Crippen LogP contribution in [0.5, 0.6) is 0 Å². The maximum atomic E-state index is 13.0. The Bertz CT molecular complexity index is 691. The third-order valence-corrected chi connectivity index (χ3v) is 5.07. The van der Waals surface area contributed by atoms with Gasteiger partial charge in [-0.1, -0.05) is 0 Å². The van der Waals surface area contributed by atoms with E-state index in [0.29, 0.717) is 19.6 Å². The van der Waals surface area contributed by atoms with E-state index in [2.05, 4.69) is 9.97 Å². The molecule has 3 rings (SSSR count). The first-order valence-electron chi connectivity index (χ1n) is 9.47. The van der Waals surface area contributed by atoms with Gasteiger partial charge in [-0.25, -0.2) is 9.78 Å². The van der Waals surface area contributed by atoms with Crippen molar-refractivity contribution in [2.75, 3.05) is 19.6 Å². The molecule has 7 nitrogen and oxygen atoms in total. The lowest BCUT2D eigenvalue weighted by Crippen LogP contribution is -2.57. The van der Waals surface area contributed by atoms with Crippen LogP contribution in [-0.2, 0) is 22.4 Å². The molecule has 1 aliphatic heterocycles. The molecule has 144 valence electrons. The second kappa shape index (κ2) is 6.93. The van der Waals surface area contributed by atoms with Crippen LogP contribution >= 0.6 is 0 Å². The fourth-order valence-electron chi connectivity index (χ4n) is 3.85. The number of ether oxygens (including phenoxy) is 1. The summed E-state index contributed by atoms with van der Waals surface area (Å²) in [5, 5.41) is 0. The summed E-state index contributed by atoms with van der Waals surface area (Å²) in [6, 6.07) is -0.00586. The fraction of sp³-hybridized carbons (Fsp3) is 0.737. The molecule has 0 aromatic carbocycles. The number of aromatic nitrogens is 2. The van der Waals surface area contributed by atoms with Crippen LogP contribution in [0.1, 0.15) is 51.3 Å². The second-order valence-corrected chi connectivity index (χ2v) is 8.49. The SMILES string of the molecule is Cc1nc2c([nH]1)CC(C(=O)N1CCN(C(=O)OC(C)(C)C)CC1C)CC2. The molecule has 1 N–H and O–H groups in total. The number of imidazole rings is 1. The van der Waals surface area contributed by atoms with Crippen molar-refractivity contribution in [1.82, 2.24) is 19.8 Å². The molecule has 0 bridgehead atoms. The zero-order valence-corrected chi connectivity index (χ0v) is 16.5. The lowest BCUT2D eigenvalue weighted by Gasteiger charge is -2.41. The topological polar surface area (TPSA) is 78.5 Å². The molecule has 1 fully saturated rings. The Morgan fingerprint density at radius 2 is 2.00 bits per heavy atom. The van der Waals surface area contributed by atoms with Gasteiger partial charge < -0.3 is 19.5 Å². The van der Waals surface area contributed by atoms with E-state index in [-0.39, 0.29) is 24.0 Å². The number of piperazine rings is 1. The van der Waals surface area contributed by atoms with Crippen molar-refractivity contribution >= 4 is 12.0 Å². The number of aromatic amines is 1. The monoisotopic (exact) mass is 362 g/mol. The van der Waals surface area contributed by atoms with Crippen LogP contribution in [0.3, 0.4) is 0 Å². The Morgan fingerprint density at radius 1 is 1.27 bits per heavy atom. The number of amides is 2. The second-order valence-electron chi connectivity index (χ2n) is 8.49.